The van der Waals surface area contributed by atoms with Crippen LogP contribution in [-0.4, -0.2) is 15.7 Å². The van der Waals surface area contributed by atoms with Gasteiger partial charge in [0.1, 0.15) is 0 Å². The van der Waals surface area contributed by atoms with Crippen LogP contribution in [0.25, 0.3) is 0 Å². The van der Waals surface area contributed by atoms with E-state index in [4.69, 9.17) is 0 Å². The van der Waals surface area contributed by atoms with Crippen molar-refractivity contribution in [1.82, 2.24) is 9.78 Å². The molecule has 3 rings (SSSR count). The first-order valence-corrected chi connectivity index (χ1v) is 9.72. The molecule has 0 aliphatic heterocycles. The minimum atomic E-state index is -4.68. The first-order chi connectivity index (χ1) is 12.0. The molecule has 1 unspecified atom stereocenters. The number of amides is 1. The largest absolute Gasteiger partial charge is 0.435 e. The average Bonchev–Trinajstić information content (AvgIpc) is 3.07. The van der Waals surface area contributed by atoms with E-state index in [1.165, 1.54) is 0 Å². The first kappa shape index (κ1) is 19.2. The summed E-state index contributed by atoms with van der Waals surface area (Å²) in [7, 11) is 0. The van der Waals surface area contributed by atoms with Gasteiger partial charge in [0.05, 0.1) is 10.1 Å². The third-order valence-electron chi connectivity index (χ3n) is 4.79. The lowest BCUT2D eigenvalue weighted by Crippen LogP contribution is -2.19. The van der Waals surface area contributed by atoms with Gasteiger partial charge < -0.3 is 5.32 Å². The van der Waals surface area contributed by atoms with E-state index in [-0.39, 0.29) is 15.9 Å². The second-order valence-corrected chi connectivity index (χ2v) is 7.94. The lowest BCUT2D eigenvalue weighted by atomic mass is 9.86. The van der Waals surface area contributed by atoms with Crippen molar-refractivity contribution < 1.29 is 18.0 Å². The average molecular weight is 477 g/mol. The van der Waals surface area contributed by atoms with Crippen LogP contribution in [-0.2, 0) is 16.1 Å². The number of benzene rings is 1. The number of nitrogens with zero attached hydrogens (tertiary/aromatic N) is 2. The van der Waals surface area contributed by atoms with E-state index in [1.807, 2.05) is 34.7 Å². The van der Waals surface area contributed by atoms with Crippen molar-refractivity contribution in [1.29, 1.82) is 0 Å². The molecule has 1 heterocycles. The highest BCUT2D eigenvalue weighted by Gasteiger charge is 2.40. The second-order valence-electron chi connectivity index (χ2n) is 7.26. The number of hydrogen-bond donors (Lipinski definition) is 1. The summed E-state index contributed by atoms with van der Waals surface area (Å²) in [5.41, 5.74) is 1.05. The van der Waals surface area contributed by atoms with Gasteiger partial charge in [-0.05, 0) is 34.9 Å². The third kappa shape index (κ3) is 3.35. The van der Waals surface area contributed by atoms with Crippen molar-refractivity contribution in [2.24, 2.45) is 0 Å². The maximum absolute atomic E-state index is 13.2. The Kier molecular flexibility index (Phi) is 4.83. The molecule has 140 valence electrons. The number of nitrogens with one attached hydrogen (secondary N) is 1. The monoisotopic (exact) mass is 477 g/mol. The molecule has 0 saturated heterocycles. The van der Waals surface area contributed by atoms with Gasteiger partial charge in [-0.15, -0.1) is 0 Å². The van der Waals surface area contributed by atoms with Crippen LogP contribution in [0.15, 0.2) is 24.4 Å². The molecule has 4 nitrogen and oxygen atoms in total. The fourth-order valence-electron chi connectivity index (χ4n) is 3.82. The third-order valence-corrected chi connectivity index (χ3v) is 5.49. The molecule has 26 heavy (non-hydrogen) atoms. The Morgan fingerprint density at radius 3 is 2.73 bits per heavy atom. The van der Waals surface area contributed by atoms with Gasteiger partial charge in [-0.3, -0.25) is 9.48 Å². The zero-order valence-electron chi connectivity index (χ0n) is 14.6. The summed E-state index contributed by atoms with van der Waals surface area (Å²) < 4.78 is 41.0. The Morgan fingerprint density at radius 2 is 2.12 bits per heavy atom. The lowest BCUT2D eigenvalue weighted by Gasteiger charge is -2.19. The van der Waals surface area contributed by atoms with Crippen LogP contribution in [0.1, 0.15) is 60.3 Å². The molecule has 0 bridgehead atoms. The fraction of sp³-hybridized carbons (Fsp3) is 0.444. The number of hydrogen-bond acceptors (Lipinski definition) is 2. The molecule has 1 amide bonds. The predicted molar refractivity (Wildman–Crippen MR) is 102 cm³/mol. The molecule has 1 aliphatic carbocycles. The summed E-state index contributed by atoms with van der Waals surface area (Å²) in [4.78, 5) is 12.6. The smallest absolute Gasteiger partial charge is 0.322 e. The molecular weight excluding hydrogens is 458 g/mol. The molecule has 0 saturated carbocycles. The topological polar surface area (TPSA) is 46.9 Å². The molecule has 1 aromatic carbocycles. The van der Waals surface area contributed by atoms with Crippen molar-refractivity contribution in [3.8, 4) is 0 Å². The lowest BCUT2D eigenvalue weighted by molar-refractivity contribution is -0.141. The van der Waals surface area contributed by atoms with Gasteiger partial charge in [0.15, 0.2) is 5.69 Å². The predicted octanol–water partition coefficient (Wildman–Crippen LogP) is 5.33. The quantitative estimate of drug-likeness (QED) is 0.480. The van der Waals surface area contributed by atoms with Gasteiger partial charge in [0.2, 0.25) is 0 Å². The number of anilines is 1. The van der Waals surface area contributed by atoms with Gasteiger partial charge in [-0.25, -0.2) is 0 Å². The molecule has 8 heteroatoms. The Bertz CT molecular complexity index is 858. The highest BCUT2D eigenvalue weighted by Crippen LogP contribution is 2.48. The Labute approximate surface area is 163 Å². The number of alkyl halides is 4. The fourth-order valence-corrected chi connectivity index (χ4v) is 4.17. The van der Waals surface area contributed by atoms with Crippen LogP contribution >= 0.6 is 22.6 Å². The highest BCUT2D eigenvalue weighted by molar-refractivity contribution is 14.1. The zero-order valence-corrected chi connectivity index (χ0v) is 16.8. The molecule has 1 atom stereocenters. The van der Waals surface area contributed by atoms with E-state index in [2.05, 4.69) is 31.2 Å². The normalized spacial score (nSPS) is 18.7. The maximum atomic E-state index is 13.2. The summed E-state index contributed by atoms with van der Waals surface area (Å²) >= 11 is 1.89. The van der Waals surface area contributed by atoms with Crippen LogP contribution in [0, 0.1) is 0 Å². The number of halogens is 4. The van der Waals surface area contributed by atoms with Crippen LogP contribution in [0.2, 0.25) is 0 Å². The van der Waals surface area contributed by atoms with Gasteiger partial charge >= 0.3 is 6.18 Å². The van der Waals surface area contributed by atoms with E-state index in [1.54, 1.807) is 6.07 Å². The van der Waals surface area contributed by atoms with E-state index in [0.717, 1.165) is 28.4 Å². The molecule has 0 fully saturated rings. The number of rotatable bonds is 3. The van der Waals surface area contributed by atoms with Crippen molar-refractivity contribution in [3.63, 3.8) is 0 Å². The van der Waals surface area contributed by atoms with Crippen LogP contribution < -0.4 is 5.32 Å². The molecule has 1 aromatic heterocycles. The van der Waals surface area contributed by atoms with Gasteiger partial charge in [-0.1, -0.05) is 55.5 Å². The van der Waals surface area contributed by atoms with Gasteiger partial charge in [0.25, 0.3) is 5.91 Å². The summed E-state index contributed by atoms with van der Waals surface area (Å²) in [6.45, 7) is 6.33. The highest BCUT2D eigenvalue weighted by atomic mass is 127. The summed E-state index contributed by atoms with van der Waals surface area (Å²) in [6, 6.07) is 5.58. The number of carbonyl (C=O) groups excluding carboxylic acids is 1. The van der Waals surface area contributed by atoms with E-state index in [9.17, 15) is 18.0 Å². The van der Waals surface area contributed by atoms with Gasteiger partial charge in [-0.2, -0.15) is 18.3 Å². The zero-order chi connectivity index (χ0) is 19.3. The van der Waals surface area contributed by atoms with Crippen LogP contribution in [0.3, 0.4) is 0 Å². The Balaban J connectivity index is 1.99. The summed E-state index contributed by atoms with van der Waals surface area (Å²) in [6.07, 6.45) is -2.62. The Hall–Kier alpha value is -1.58. The summed E-state index contributed by atoms with van der Waals surface area (Å²) in [5.74, 6) is -0.575. The standard InChI is InChI=1S/C18H19F3IN3O/c1-10-7-17(2,3)12-5-4-6-13(14(10)12)23-16(26)11-8-25(9-22)24-15(11)18(19,20)21/h4-6,8,10H,7,9H2,1-3H3,(H,23,26). The molecule has 2 aromatic rings. The molecule has 1 aliphatic rings. The number of aromatic nitrogens is 2. The van der Waals surface area contributed by atoms with Crippen LogP contribution in [0.5, 0.6) is 0 Å². The van der Waals surface area contributed by atoms with Crippen molar-refractivity contribution in [3.05, 3.63) is 46.8 Å². The molecular formula is C18H19F3IN3O. The molecule has 0 radical (unpaired) electrons. The van der Waals surface area contributed by atoms with Crippen LogP contribution in [0.4, 0.5) is 18.9 Å². The van der Waals surface area contributed by atoms with Gasteiger partial charge in [0, 0.05) is 11.9 Å². The van der Waals surface area contributed by atoms with Crippen molar-refractivity contribution >= 4 is 34.2 Å². The molecule has 1 N–H and O–H groups in total. The first-order valence-electron chi connectivity index (χ1n) is 8.20. The van der Waals surface area contributed by atoms with E-state index < -0.39 is 23.3 Å². The number of carbonyl (C=O) groups is 1. The minimum Gasteiger partial charge on any atom is -0.322 e. The Morgan fingerprint density at radius 1 is 1.42 bits per heavy atom. The second kappa shape index (κ2) is 6.54. The maximum Gasteiger partial charge on any atom is 0.435 e. The van der Waals surface area contributed by atoms with Crippen molar-refractivity contribution in [2.75, 3.05) is 5.32 Å². The SMILES string of the molecule is CC1CC(C)(C)c2cccc(NC(=O)c3cn(CI)nc3C(F)(F)F)c21. The van der Waals surface area contributed by atoms with E-state index in [0.29, 0.717) is 5.69 Å². The number of fused-ring (bicyclic) bond motifs is 1. The van der Waals surface area contributed by atoms with E-state index >= 15 is 0 Å². The molecule has 0 spiro atoms. The minimum absolute atomic E-state index is 0.0291. The summed E-state index contributed by atoms with van der Waals surface area (Å²) in [5, 5.41) is 6.18. The van der Waals surface area contributed by atoms with Crippen molar-refractivity contribution in [2.45, 2.75) is 49.3 Å².